The van der Waals surface area contributed by atoms with Gasteiger partial charge < -0.3 is 11.1 Å². The monoisotopic (exact) mass is 183 g/mol. The van der Waals surface area contributed by atoms with Crippen molar-refractivity contribution in [1.29, 1.82) is 5.26 Å². The highest BCUT2D eigenvalue weighted by Gasteiger charge is 2.01. The largest absolute Gasteiger partial charge is 0.376 e. The van der Waals surface area contributed by atoms with Gasteiger partial charge in [-0.25, -0.2) is 0 Å². The van der Waals surface area contributed by atoms with Gasteiger partial charge in [0.1, 0.15) is 11.1 Å². The minimum atomic E-state index is 0.184. The van der Waals surface area contributed by atoms with Gasteiger partial charge in [-0.2, -0.15) is 5.26 Å². The van der Waals surface area contributed by atoms with Crippen LogP contribution in [0.2, 0.25) is 0 Å². The molecule has 0 saturated heterocycles. The number of thiophene rings is 1. The van der Waals surface area contributed by atoms with Gasteiger partial charge in [-0.1, -0.05) is 0 Å². The van der Waals surface area contributed by atoms with Gasteiger partial charge in [-0.05, 0) is 23.7 Å². The predicted octanol–water partition coefficient (Wildman–Crippen LogP) is 1.28. The summed E-state index contributed by atoms with van der Waals surface area (Å²) in [5.74, 6) is 0. The summed E-state index contributed by atoms with van der Waals surface area (Å²) >= 11 is 6.02. The lowest BCUT2D eigenvalue weighted by molar-refractivity contribution is 1.50. The lowest BCUT2D eigenvalue weighted by Crippen LogP contribution is -2.18. The average molecular weight is 183 g/mol. The maximum absolute atomic E-state index is 8.55. The molecule has 0 radical (unpaired) electrons. The summed E-state index contributed by atoms with van der Waals surface area (Å²) in [7, 11) is 0. The van der Waals surface area contributed by atoms with E-state index in [1.807, 2.05) is 6.07 Å². The first-order chi connectivity index (χ1) is 5.24. The average Bonchev–Trinajstić information content (AvgIpc) is 2.34. The highest BCUT2D eigenvalue weighted by molar-refractivity contribution is 7.80. The van der Waals surface area contributed by atoms with Crippen molar-refractivity contribution in [3.8, 4) is 6.07 Å². The number of rotatable bonds is 1. The van der Waals surface area contributed by atoms with Crippen LogP contribution in [0, 0.1) is 11.3 Å². The maximum atomic E-state index is 8.55. The zero-order valence-corrected chi connectivity index (χ0v) is 7.13. The van der Waals surface area contributed by atoms with Crippen molar-refractivity contribution in [3.05, 3.63) is 17.0 Å². The number of nitrogens with one attached hydrogen (secondary N) is 1. The molecule has 56 valence electrons. The third kappa shape index (κ3) is 1.90. The van der Waals surface area contributed by atoms with Gasteiger partial charge in [-0.3, -0.25) is 0 Å². The minimum Gasteiger partial charge on any atom is -0.376 e. The molecular formula is C6H5N3S2. The van der Waals surface area contributed by atoms with Crippen LogP contribution in [0.15, 0.2) is 11.4 Å². The summed E-state index contributed by atoms with van der Waals surface area (Å²) in [6.45, 7) is 0. The van der Waals surface area contributed by atoms with Crippen LogP contribution < -0.4 is 11.1 Å². The molecule has 0 amide bonds. The first-order valence-electron chi connectivity index (χ1n) is 2.78. The number of anilines is 1. The molecule has 0 aromatic carbocycles. The normalized spacial score (nSPS) is 8.64. The first kappa shape index (κ1) is 7.98. The number of hydrogen-bond acceptors (Lipinski definition) is 3. The Balaban J connectivity index is 2.87. The van der Waals surface area contributed by atoms with Crippen molar-refractivity contribution in [1.82, 2.24) is 0 Å². The highest BCUT2D eigenvalue weighted by Crippen LogP contribution is 2.21. The van der Waals surface area contributed by atoms with Gasteiger partial charge in [0.15, 0.2) is 5.11 Å². The summed E-state index contributed by atoms with van der Waals surface area (Å²) in [5, 5.41) is 14.0. The summed E-state index contributed by atoms with van der Waals surface area (Å²) in [5.41, 5.74) is 5.80. The predicted molar refractivity (Wildman–Crippen MR) is 49.4 cm³/mol. The third-order valence-corrected chi connectivity index (χ3v) is 1.95. The second kappa shape index (κ2) is 3.32. The molecule has 1 heterocycles. The fourth-order valence-electron chi connectivity index (χ4n) is 0.606. The number of thiocarbonyl (C=S) groups is 1. The van der Waals surface area contributed by atoms with E-state index in [0.29, 0.717) is 10.6 Å². The van der Waals surface area contributed by atoms with Crippen LogP contribution in [-0.4, -0.2) is 5.11 Å². The molecule has 0 atom stereocenters. The molecule has 0 aliphatic carbocycles. The van der Waals surface area contributed by atoms with Crippen LogP contribution >= 0.6 is 23.6 Å². The Kier molecular flexibility index (Phi) is 2.41. The minimum absolute atomic E-state index is 0.184. The summed E-state index contributed by atoms with van der Waals surface area (Å²) < 4.78 is 0. The van der Waals surface area contributed by atoms with Crippen LogP contribution in [0.1, 0.15) is 5.56 Å². The van der Waals surface area contributed by atoms with Crippen molar-refractivity contribution >= 4 is 33.7 Å². The molecule has 0 bridgehead atoms. The molecule has 3 N–H and O–H groups in total. The van der Waals surface area contributed by atoms with E-state index < -0.39 is 0 Å². The number of nitrogens with two attached hydrogens (primary N) is 1. The molecule has 0 aliphatic rings. The third-order valence-electron chi connectivity index (χ3n) is 1.02. The summed E-state index contributed by atoms with van der Waals surface area (Å²) in [6.07, 6.45) is 0. The van der Waals surface area contributed by atoms with E-state index in [1.165, 1.54) is 11.3 Å². The quantitative estimate of drug-likeness (QED) is 0.644. The van der Waals surface area contributed by atoms with Crippen molar-refractivity contribution in [2.75, 3.05) is 5.32 Å². The van der Waals surface area contributed by atoms with Crippen molar-refractivity contribution in [2.24, 2.45) is 5.73 Å². The molecule has 0 fully saturated rings. The number of hydrogen-bond donors (Lipinski definition) is 2. The summed E-state index contributed by atoms with van der Waals surface area (Å²) in [6, 6.07) is 3.73. The van der Waals surface area contributed by atoms with E-state index in [0.717, 1.165) is 0 Å². The smallest absolute Gasteiger partial charge is 0.168 e. The second-order valence-corrected chi connectivity index (χ2v) is 3.12. The number of nitrogens with zero attached hydrogens (tertiary/aromatic N) is 1. The van der Waals surface area contributed by atoms with Crippen LogP contribution in [0.3, 0.4) is 0 Å². The molecule has 0 aliphatic heterocycles. The Morgan fingerprint density at radius 2 is 2.55 bits per heavy atom. The summed E-state index contributed by atoms with van der Waals surface area (Å²) in [4.78, 5) is 0. The molecular weight excluding hydrogens is 178 g/mol. The van der Waals surface area contributed by atoms with Gasteiger partial charge in [-0.15, -0.1) is 11.3 Å². The van der Waals surface area contributed by atoms with E-state index in [9.17, 15) is 0 Å². The Morgan fingerprint density at radius 1 is 1.82 bits per heavy atom. The molecule has 0 spiro atoms. The molecule has 5 heteroatoms. The van der Waals surface area contributed by atoms with Crippen molar-refractivity contribution < 1.29 is 0 Å². The van der Waals surface area contributed by atoms with Crippen LogP contribution in [0.4, 0.5) is 5.00 Å². The van der Waals surface area contributed by atoms with E-state index in [1.54, 1.807) is 11.4 Å². The highest BCUT2D eigenvalue weighted by atomic mass is 32.1. The SMILES string of the molecule is N#Cc1ccsc1NC(N)=S. The van der Waals surface area contributed by atoms with E-state index in [2.05, 4.69) is 17.5 Å². The molecule has 0 unspecified atom stereocenters. The lowest BCUT2D eigenvalue weighted by Gasteiger charge is -1.98. The molecule has 1 rings (SSSR count). The van der Waals surface area contributed by atoms with Gasteiger partial charge in [0.05, 0.1) is 5.56 Å². The fraction of sp³-hybridized carbons (Fsp3) is 0. The maximum Gasteiger partial charge on any atom is 0.168 e. The molecule has 3 nitrogen and oxygen atoms in total. The van der Waals surface area contributed by atoms with E-state index >= 15 is 0 Å². The Bertz CT molecular complexity index is 310. The zero-order chi connectivity index (χ0) is 8.27. The van der Waals surface area contributed by atoms with Crippen molar-refractivity contribution in [3.63, 3.8) is 0 Å². The van der Waals surface area contributed by atoms with Crippen LogP contribution in [0.25, 0.3) is 0 Å². The zero-order valence-electron chi connectivity index (χ0n) is 5.50. The van der Waals surface area contributed by atoms with E-state index in [4.69, 9.17) is 11.0 Å². The molecule has 1 aromatic rings. The van der Waals surface area contributed by atoms with E-state index in [-0.39, 0.29) is 5.11 Å². The topological polar surface area (TPSA) is 61.8 Å². The van der Waals surface area contributed by atoms with Gasteiger partial charge >= 0.3 is 0 Å². The first-order valence-corrected chi connectivity index (χ1v) is 4.07. The molecule has 0 saturated carbocycles. The fourth-order valence-corrected chi connectivity index (χ4v) is 1.52. The van der Waals surface area contributed by atoms with Crippen LogP contribution in [-0.2, 0) is 0 Å². The molecule has 11 heavy (non-hydrogen) atoms. The Labute approximate surface area is 73.4 Å². The van der Waals surface area contributed by atoms with Crippen LogP contribution in [0.5, 0.6) is 0 Å². The Hall–Kier alpha value is -1.12. The Morgan fingerprint density at radius 3 is 3.09 bits per heavy atom. The van der Waals surface area contributed by atoms with Gasteiger partial charge in [0.2, 0.25) is 0 Å². The second-order valence-electron chi connectivity index (χ2n) is 1.76. The standard InChI is InChI=1S/C6H5N3S2/c7-3-4-1-2-11-5(4)9-6(8)10/h1-2H,(H3,8,9,10). The van der Waals surface area contributed by atoms with Gasteiger partial charge in [0.25, 0.3) is 0 Å². The lowest BCUT2D eigenvalue weighted by atomic mass is 10.3. The molecule has 1 aromatic heterocycles. The van der Waals surface area contributed by atoms with Gasteiger partial charge in [0, 0.05) is 0 Å². The van der Waals surface area contributed by atoms with Crippen molar-refractivity contribution in [2.45, 2.75) is 0 Å². The number of nitriles is 1.